The van der Waals surface area contributed by atoms with Crippen LogP contribution in [0.1, 0.15) is 18.8 Å². The van der Waals surface area contributed by atoms with Crippen molar-refractivity contribution in [2.24, 2.45) is 5.73 Å². The maximum absolute atomic E-state index is 11.3. The van der Waals surface area contributed by atoms with Crippen molar-refractivity contribution in [1.29, 1.82) is 0 Å². The highest BCUT2D eigenvalue weighted by molar-refractivity contribution is 6.42. The van der Waals surface area contributed by atoms with Crippen LogP contribution in [0.2, 0.25) is 10.0 Å². The minimum absolute atomic E-state index is 0.168. The van der Waals surface area contributed by atoms with Gasteiger partial charge in [0.05, 0.1) is 27.0 Å². The number of carbonyl (C=O) groups excluding carboxylic acids is 1. The van der Waals surface area contributed by atoms with Crippen LogP contribution in [0.15, 0.2) is 12.1 Å². The molecule has 1 heterocycles. The van der Waals surface area contributed by atoms with Gasteiger partial charge in [-0.05, 0) is 19.1 Å². The number of nitrogens with zero attached hydrogens (tertiary/aromatic N) is 2. The van der Waals surface area contributed by atoms with Gasteiger partial charge in [-0.15, -0.1) is 11.6 Å². The van der Waals surface area contributed by atoms with E-state index in [2.05, 4.69) is 4.98 Å². The highest BCUT2D eigenvalue weighted by Gasteiger charge is 2.20. The lowest BCUT2D eigenvalue weighted by Crippen LogP contribution is -2.25. The largest absolute Gasteiger partial charge is 0.368 e. The summed E-state index contributed by atoms with van der Waals surface area (Å²) >= 11 is 17.7. The van der Waals surface area contributed by atoms with Crippen LogP contribution < -0.4 is 5.73 Å². The zero-order chi connectivity index (χ0) is 13.4. The van der Waals surface area contributed by atoms with Gasteiger partial charge < -0.3 is 10.3 Å². The van der Waals surface area contributed by atoms with Gasteiger partial charge in [-0.25, -0.2) is 4.98 Å². The molecule has 0 aliphatic heterocycles. The number of aromatic nitrogens is 2. The zero-order valence-corrected chi connectivity index (χ0v) is 11.7. The molecule has 0 fully saturated rings. The summed E-state index contributed by atoms with van der Waals surface area (Å²) in [5.74, 6) is 0.254. The molecule has 2 aromatic rings. The highest BCUT2D eigenvalue weighted by atomic mass is 35.5. The molecule has 0 spiro atoms. The first kappa shape index (κ1) is 13.5. The molecule has 1 unspecified atom stereocenters. The van der Waals surface area contributed by atoms with Crippen molar-refractivity contribution in [2.45, 2.75) is 18.8 Å². The second kappa shape index (κ2) is 4.96. The number of benzene rings is 1. The summed E-state index contributed by atoms with van der Waals surface area (Å²) in [7, 11) is 0. The van der Waals surface area contributed by atoms with Gasteiger partial charge in [0.15, 0.2) is 0 Å². The van der Waals surface area contributed by atoms with Crippen LogP contribution >= 0.6 is 34.8 Å². The van der Waals surface area contributed by atoms with Crippen LogP contribution in [-0.2, 0) is 10.7 Å². The first-order valence-electron chi connectivity index (χ1n) is 5.16. The molecule has 2 rings (SSSR count). The van der Waals surface area contributed by atoms with Crippen LogP contribution in [0.3, 0.4) is 0 Å². The van der Waals surface area contributed by atoms with E-state index in [0.717, 1.165) is 0 Å². The quantitative estimate of drug-likeness (QED) is 0.886. The Bertz CT molecular complexity index is 624. The van der Waals surface area contributed by atoms with E-state index in [1.165, 1.54) is 0 Å². The number of fused-ring (bicyclic) bond motifs is 1. The van der Waals surface area contributed by atoms with Crippen LogP contribution in [0.4, 0.5) is 0 Å². The summed E-state index contributed by atoms with van der Waals surface area (Å²) in [5, 5.41) is 0.796. The van der Waals surface area contributed by atoms with Gasteiger partial charge in [-0.3, -0.25) is 4.79 Å². The molecule has 0 radical (unpaired) electrons. The lowest BCUT2D eigenvalue weighted by molar-refractivity contribution is -0.120. The SMILES string of the molecule is CC(C(N)=O)n1c(CCl)nc2cc(Cl)c(Cl)cc21. The van der Waals surface area contributed by atoms with E-state index in [1.54, 1.807) is 23.6 Å². The normalized spacial score (nSPS) is 12.9. The van der Waals surface area contributed by atoms with Gasteiger partial charge in [0.2, 0.25) is 5.91 Å². The number of halogens is 3. The molecule has 0 aliphatic rings. The molecule has 96 valence electrons. The lowest BCUT2D eigenvalue weighted by Gasteiger charge is -2.13. The predicted molar refractivity (Wildman–Crippen MR) is 73.2 cm³/mol. The Labute approximate surface area is 119 Å². The minimum Gasteiger partial charge on any atom is -0.368 e. The number of amides is 1. The van der Waals surface area contributed by atoms with Crippen LogP contribution in [0.25, 0.3) is 11.0 Å². The number of hydrogen-bond donors (Lipinski definition) is 1. The summed E-state index contributed by atoms with van der Waals surface area (Å²) < 4.78 is 1.67. The summed E-state index contributed by atoms with van der Waals surface area (Å²) in [6.07, 6.45) is 0. The first-order valence-corrected chi connectivity index (χ1v) is 6.46. The maximum Gasteiger partial charge on any atom is 0.240 e. The van der Waals surface area contributed by atoms with Crippen molar-refractivity contribution < 1.29 is 4.79 Å². The second-order valence-corrected chi connectivity index (χ2v) is 4.95. The maximum atomic E-state index is 11.3. The molecule has 2 N–H and O–H groups in total. The van der Waals surface area contributed by atoms with Crippen molar-refractivity contribution in [1.82, 2.24) is 9.55 Å². The molecule has 1 aromatic heterocycles. The third-order valence-electron chi connectivity index (χ3n) is 2.72. The molecule has 18 heavy (non-hydrogen) atoms. The monoisotopic (exact) mass is 305 g/mol. The van der Waals surface area contributed by atoms with Crippen molar-refractivity contribution in [2.75, 3.05) is 0 Å². The number of nitrogens with two attached hydrogens (primary N) is 1. The Morgan fingerprint density at radius 3 is 2.61 bits per heavy atom. The van der Waals surface area contributed by atoms with Crippen molar-refractivity contribution in [3.05, 3.63) is 28.0 Å². The molecule has 0 aliphatic carbocycles. The molecule has 4 nitrogen and oxygen atoms in total. The average Bonchev–Trinajstić information content (AvgIpc) is 2.66. The molecule has 1 amide bonds. The van der Waals surface area contributed by atoms with E-state index in [4.69, 9.17) is 40.5 Å². The fourth-order valence-corrected chi connectivity index (χ4v) is 2.30. The van der Waals surface area contributed by atoms with E-state index in [-0.39, 0.29) is 5.88 Å². The van der Waals surface area contributed by atoms with Gasteiger partial charge >= 0.3 is 0 Å². The molecule has 1 aromatic carbocycles. The fraction of sp³-hybridized carbons (Fsp3) is 0.273. The second-order valence-electron chi connectivity index (χ2n) is 3.87. The molecule has 0 saturated heterocycles. The first-order chi connectivity index (χ1) is 8.45. The lowest BCUT2D eigenvalue weighted by atomic mass is 10.2. The van der Waals surface area contributed by atoms with E-state index in [0.29, 0.717) is 26.9 Å². The predicted octanol–water partition coefficient (Wildman–Crippen LogP) is 3.13. The van der Waals surface area contributed by atoms with Gasteiger partial charge in [0, 0.05) is 0 Å². The molecule has 0 saturated carbocycles. The Kier molecular flexibility index (Phi) is 3.71. The van der Waals surface area contributed by atoms with Crippen molar-refractivity contribution in [3.63, 3.8) is 0 Å². The topological polar surface area (TPSA) is 60.9 Å². The summed E-state index contributed by atoms with van der Waals surface area (Å²) in [6, 6.07) is 2.74. The Morgan fingerprint density at radius 2 is 2.06 bits per heavy atom. The number of carbonyl (C=O) groups is 1. The van der Waals surface area contributed by atoms with E-state index in [9.17, 15) is 4.79 Å². The summed E-state index contributed by atoms with van der Waals surface area (Å²) in [5.41, 5.74) is 6.64. The Balaban J connectivity index is 2.76. The summed E-state index contributed by atoms with van der Waals surface area (Å²) in [6.45, 7) is 1.68. The Hall–Kier alpha value is -0.970. The molecule has 7 heteroatoms. The minimum atomic E-state index is -0.555. The van der Waals surface area contributed by atoms with Crippen LogP contribution in [0, 0.1) is 0 Å². The Morgan fingerprint density at radius 1 is 1.44 bits per heavy atom. The van der Waals surface area contributed by atoms with Crippen LogP contribution in [-0.4, -0.2) is 15.5 Å². The standard InChI is InChI=1S/C11H10Cl3N3O/c1-5(11(15)18)17-9-3-7(14)6(13)2-8(9)16-10(17)4-12/h2-3,5H,4H2,1H3,(H2,15,18). The van der Waals surface area contributed by atoms with E-state index >= 15 is 0 Å². The number of imidazole rings is 1. The smallest absolute Gasteiger partial charge is 0.240 e. The van der Waals surface area contributed by atoms with Crippen LogP contribution in [0.5, 0.6) is 0 Å². The van der Waals surface area contributed by atoms with Gasteiger partial charge in [-0.2, -0.15) is 0 Å². The molecular formula is C11H10Cl3N3O. The third-order valence-corrected chi connectivity index (χ3v) is 3.68. The fourth-order valence-electron chi connectivity index (χ4n) is 1.79. The zero-order valence-electron chi connectivity index (χ0n) is 9.45. The van der Waals surface area contributed by atoms with E-state index < -0.39 is 11.9 Å². The number of hydrogen-bond acceptors (Lipinski definition) is 2. The van der Waals surface area contributed by atoms with Crippen molar-refractivity contribution in [3.8, 4) is 0 Å². The third kappa shape index (κ3) is 2.16. The molecule has 1 atom stereocenters. The highest BCUT2D eigenvalue weighted by Crippen LogP contribution is 2.30. The number of primary amides is 1. The summed E-state index contributed by atoms with van der Waals surface area (Å²) in [4.78, 5) is 15.6. The van der Waals surface area contributed by atoms with Crippen molar-refractivity contribution >= 4 is 51.7 Å². The van der Waals surface area contributed by atoms with Gasteiger partial charge in [-0.1, -0.05) is 23.2 Å². The molecule has 0 bridgehead atoms. The van der Waals surface area contributed by atoms with Gasteiger partial charge in [0.1, 0.15) is 11.9 Å². The van der Waals surface area contributed by atoms with Gasteiger partial charge in [0.25, 0.3) is 0 Å². The van der Waals surface area contributed by atoms with E-state index in [1.807, 2.05) is 0 Å². The average molecular weight is 307 g/mol. The number of rotatable bonds is 3. The molecular weight excluding hydrogens is 297 g/mol. The number of alkyl halides is 1.